The molecule has 8 aliphatic rings. The molecule has 4 heterocycles. The van der Waals surface area contributed by atoms with Gasteiger partial charge in [-0.05, 0) is 85.0 Å². The summed E-state index contributed by atoms with van der Waals surface area (Å²) in [5, 5.41) is 69.3. The van der Waals surface area contributed by atoms with Gasteiger partial charge in [-0.15, -0.1) is 0 Å². The van der Waals surface area contributed by atoms with Crippen LogP contribution in [0.15, 0.2) is 11.6 Å². The minimum atomic E-state index is -1.60. The van der Waals surface area contributed by atoms with Crippen molar-refractivity contribution in [2.75, 3.05) is 21.3 Å². The largest absolute Gasteiger partial charge is 0.392 e. The zero-order valence-electron chi connectivity index (χ0n) is 40.4. The molecule has 6 N–H and O–H groups in total. The lowest BCUT2D eigenvalue weighted by molar-refractivity contribution is -0.355. The Labute approximate surface area is 388 Å². The number of ether oxygens (including phenoxy) is 11. The molecule has 18 nitrogen and oxygen atoms in total. The van der Waals surface area contributed by atoms with Crippen LogP contribution in [0.4, 0.5) is 0 Å². The fourth-order valence-electron chi connectivity index (χ4n) is 13.8. The van der Waals surface area contributed by atoms with Crippen molar-refractivity contribution in [3.63, 3.8) is 0 Å². The maximum Gasteiger partial charge on any atom is 0.187 e. The third-order valence-corrected chi connectivity index (χ3v) is 17.7. The van der Waals surface area contributed by atoms with Gasteiger partial charge in [-0.3, -0.25) is 4.79 Å². The number of Topliss-reactive ketones (excluding diaryl/α,β-unsaturated/α-hetero) is 1. The zero-order valence-corrected chi connectivity index (χ0v) is 40.4. The molecule has 4 aliphatic carbocycles. The maximum absolute atomic E-state index is 12.7. The molecule has 0 radical (unpaired) electrons. The fraction of sp³-hybridized carbons (Fsp3) is 0.938. The van der Waals surface area contributed by atoms with E-state index >= 15 is 0 Å². The molecular weight excluding hydrogens is 865 g/mol. The van der Waals surface area contributed by atoms with E-state index in [-0.39, 0.29) is 31.1 Å². The molecule has 0 aromatic heterocycles. The molecule has 4 saturated heterocycles. The van der Waals surface area contributed by atoms with Gasteiger partial charge in [0.05, 0.1) is 54.9 Å². The average Bonchev–Trinajstić information content (AvgIpc) is 3.56. The fourth-order valence-corrected chi connectivity index (χ4v) is 13.8. The van der Waals surface area contributed by atoms with E-state index in [9.17, 15) is 35.4 Å². The van der Waals surface area contributed by atoms with E-state index in [0.29, 0.717) is 44.9 Å². The van der Waals surface area contributed by atoms with Crippen LogP contribution in [0.5, 0.6) is 0 Å². The Balaban J connectivity index is 0.832. The van der Waals surface area contributed by atoms with Gasteiger partial charge in [0, 0.05) is 57.8 Å². The van der Waals surface area contributed by atoms with Gasteiger partial charge in [0.25, 0.3) is 0 Å². The van der Waals surface area contributed by atoms with Crippen LogP contribution in [0, 0.1) is 22.7 Å². The molecule has 0 aromatic carbocycles. The molecule has 8 rings (SSSR count). The Hall–Kier alpha value is -1.27. The quantitative estimate of drug-likeness (QED) is 0.154. The molecule has 0 aromatic rings. The van der Waals surface area contributed by atoms with Gasteiger partial charge in [-0.25, -0.2) is 0 Å². The monoisotopic (exact) mass is 943 g/mol. The summed E-state index contributed by atoms with van der Waals surface area (Å²) < 4.78 is 67.6. The molecule has 0 spiro atoms. The molecular formula is C48H78O18. The number of rotatable bonds is 12. The third-order valence-electron chi connectivity index (χ3n) is 17.7. The first kappa shape index (κ1) is 51.1. The van der Waals surface area contributed by atoms with Crippen LogP contribution in [-0.2, 0) is 56.9 Å². The summed E-state index contributed by atoms with van der Waals surface area (Å²) in [6, 6.07) is 0. The Morgan fingerprint density at radius 2 is 1.24 bits per heavy atom. The van der Waals surface area contributed by atoms with Crippen molar-refractivity contribution in [2.45, 2.75) is 241 Å². The van der Waals surface area contributed by atoms with Crippen molar-refractivity contribution >= 4 is 5.78 Å². The minimum absolute atomic E-state index is 0.0662. The molecule has 378 valence electrons. The number of fused-ring (bicyclic) bond motifs is 5. The van der Waals surface area contributed by atoms with Crippen molar-refractivity contribution in [1.29, 1.82) is 0 Å². The first-order chi connectivity index (χ1) is 31.1. The van der Waals surface area contributed by atoms with Gasteiger partial charge in [0.2, 0.25) is 0 Å². The Kier molecular flexibility index (Phi) is 15.0. The zero-order chi connectivity index (χ0) is 47.8. The number of ketones is 1. The summed E-state index contributed by atoms with van der Waals surface area (Å²) in [5.74, 6) is -0.979. The van der Waals surface area contributed by atoms with Crippen LogP contribution in [-0.4, -0.2) is 186 Å². The number of methoxy groups -OCH3 is 3. The van der Waals surface area contributed by atoms with Crippen LogP contribution in [0.3, 0.4) is 0 Å². The lowest BCUT2D eigenvalue weighted by Gasteiger charge is -2.66. The van der Waals surface area contributed by atoms with E-state index in [1.165, 1.54) is 14.0 Å². The third kappa shape index (κ3) is 8.60. The number of carbonyl (C=O) groups excluding carboxylic acids is 1. The molecule has 0 amide bonds. The highest BCUT2D eigenvalue weighted by Gasteiger charge is 2.76. The predicted octanol–water partition coefficient (Wildman–Crippen LogP) is 2.17. The lowest BCUT2D eigenvalue weighted by atomic mass is 9.43. The van der Waals surface area contributed by atoms with Gasteiger partial charge in [-0.2, -0.15) is 0 Å². The normalized spacial score (nSPS) is 54.2. The van der Waals surface area contributed by atoms with E-state index in [2.05, 4.69) is 13.0 Å². The number of hydrogen-bond donors (Lipinski definition) is 6. The van der Waals surface area contributed by atoms with Crippen molar-refractivity contribution < 1.29 is 87.5 Å². The highest BCUT2D eigenvalue weighted by Crippen LogP contribution is 2.69. The second-order valence-electron chi connectivity index (χ2n) is 21.3. The number of carbonyl (C=O) groups is 1. The van der Waals surface area contributed by atoms with E-state index in [0.717, 1.165) is 5.57 Å². The molecule has 0 bridgehead atoms. The second-order valence-corrected chi connectivity index (χ2v) is 21.3. The Bertz CT molecular complexity index is 1720. The molecule has 3 saturated carbocycles. The topological polar surface area (TPSA) is 240 Å². The summed E-state index contributed by atoms with van der Waals surface area (Å²) >= 11 is 0. The van der Waals surface area contributed by atoms with Gasteiger partial charge >= 0.3 is 0 Å². The van der Waals surface area contributed by atoms with Crippen molar-refractivity contribution in [2.24, 2.45) is 22.7 Å². The first-order valence-corrected chi connectivity index (χ1v) is 24.3. The smallest absolute Gasteiger partial charge is 0.187 e. The Morgan fingerprint density at radius 1 is 0.667 bits per heavy atom. The summed E-state index contributed by atoms with van der Waals surface area (Å²) in [6.07, 6.45) is -7.46. The van der Waals surface area contributed by atoms with Crippen LogP contribution >= 0.6 is 0 Å². The van der Waals surface area contributed by atoms with E-state index < -0.39 is 144 Å². The summed E-state index contributed by atoms with van der Waals surface area (Å²) in [6.45, 7) is 12.6. The summed E-state index contributed by atoms with van der Waals surface area (Å²) in [4.78, 5) is 12.7. The number of hydrogen-bond acceptors (Lipinski definition) is 18. The summed E-state index contributed by atoms with van der Waals surface area (Å²) in [5.41, 5.74) is -3.57. The molecule has 66 heavy (non-hydrogen) atoms. The van der Waals surface area contributed by atoms with Gasteiger partial charge < -0.3 is 82.7 Å². The number of aliphatic hydroxyl groups is 6. The minimum Gasteiger partial charge on any atom is -0.392 e. The molecule has 0 unspecified atom stereocenters. The molecule has 18 heteroatoms. The van der Waals surface area contributed by atoms with Gasteiger partial charge in [-0.1, -0.05) is 25.5 Å². The standard InChI is InChI=1S/C48H78O18/c1-22(49)29-13-16-48(55)46(29,7)34(51)21-33-45(6)14-12-28(17-27(45)11-15-47(33,48)54)63-35-18-30(50)40(24(3)59-35)64-36-19-31(56-8)41(25(4)60-36)65-37-20-32(57-9)42(26(5)61-37)66-44-39(53)43(58-10)38(52)23(2)62-44/h11,23-26,28-44,50-55H,12-21H2,1-10H3/t23-,24-,25-,26-,28+,29-,30+,31+,32-,33-,34-,35+,36+,37+,38-,39-,40-,41-,42-,43+,44+,45+,46+,47+,48-/m1/s1. The van der Waals surface area contributed by atoms with Crippen LogP contribution < -0.4 is 0 Å². The van der Waals surface area contributed by atoms with Crippen LogP contribution in [0.25, 0.3) is 0 Å². The average molecular weight is 943 g/mol. The van der Waals surface area contributed by atoms with Crippen LogP contribution in [0.1, 0.15) is 113 Å². The lowest BCUT2D eigenvalue weighted by Crippen LogP contribution is -2.75. The van der Waals surface area contributed by atoms with Crippen molar-refractivity contribution in [1.82, 2.24) is 0 Å². The van der Waals surface area contributed by atoms with E-state index in [1.807, 2.05) is 20.8 Å². The highest BCUT2D eigenvalue weighted by atomic mass is 16.8. The molecule has 4 aliphatic heterocycles. The van der Waals surface area contributed by atoms with Crippen LogP contribution in [0.2, 0.25) is 0 Å². The highest BCUT2D eigenvalue weighted by molar-refractivity contribution is 5.80. The Morgan fingerprint density at radius 3 is 1.82 bits per heavy atom. The van der Waals surface area contributed by atoms with Gasteiger partial charge in [0.15, 0.2) is 25.2 Å². The SMILES string of the molecule is CO[C@@H]1[C@@H](O)[C@H](O[C@@H]2[C@@H](C)O[C@@H](O[C@H]3[C@@H](OC)C[C@H](O[C@H]4[C@@H](O)C[C@H](O[C@H]5CC[C@@]6(C)C(=CC[C@]7(O)[C@@H]6C[C@@H](O)[C@]6(C)[C@@H](C(C)=O)CC[C@@]67O)C5)O[C@@H]4C)O[C@@H]3C)C[C@H]2OC)O[C@H](C)[C@H]1O. The number of aliphatic hydroxyl groups excluding tert-OH is 4. The predicted molar refractivity (Wildman–Crippen MR) is 231 cm³/mol. The van der Waals surface area contributed by atoms with E-state index in [4.69, 9.17) is 52.1 Å². The second kappa shape index (κ2) is 19.4. The summed E-state index contributed by atoms with van der Waals surface area (Å²) in [7, 11) is 4.58. The van der Waals surface area contributed by atoms with Gasteiger partial charge in [0.1, 0.15) is 53.6 Å². The van der Waals surface area contributed by atoms with Crippen molar-refractivity contribution in [3.8, 4) is 0 Å². The van der Waals surface area contributed by atoms with Crippen molar-refractivity contribution in [3.05, 3.63) is 11.6 Å². The molecule has 7 fully saturated rings. The maximum atomic E-state index is 12.7. The molecule has 25 atom stereocenters. The van der Waals surface area contributed by atoms with E-state index in [1.54, 1.807) is 28.1 Å². The first-order valence-electron chi connectivity index (χ1n) is 24.3.